The van der Waals surface area contributed by atoms with Crippen LogP contribution in [0.4, 0.5) is 35.1 Å². The molecular formula is C44H88Br2Cl6F8O16S2Ti8. The first kappa shape index (κ1) is 133. The summed E-state index contributed by atoms with van der Waals surface area (Å²) in [6, 6.07) is 0. The Balaban J connectivity index is -0.0000000450. The van der Waals surface area contributed by atoms with Crippen molar-refractivity contribution in [3.63, 3.8) is 0 Å². The molecule has 0 aliphatic carbocycles. The number of hydrogen-bond acceptors (Lipinski definition) is 18. The standard InChI is InChI=1S/2C6H14O2.C4H8Br2O2.C4H6Cl4O2.C4H8Cl2O2.C4H4F6O2.C4H8F2O2.C4H10O2S2.8CH2.8Ti/c2*1-3-5(7)6(8)4-2;5-1-3(7)4(8)2-6;5-3(6)1(9)2(10)4(7)8;5-1-3(7)4(8)2-6;5-3(6,7)1(11)2(12)4(8,9)10;5-1-3(7)4(8)2-6;5-3(1-7)4(6)2-8;;;;;;;;;;;;;;;;/h2*5-8H,3-4H2,1-2H3;3-4,7-8H,1-2H2;1-4,9-10H;3-4,7-8H,1-2H2;1-2,11-12H;3-4,7-8H,1-2H2;3-8H,1-2H2;8*1H2;;;;;;;;/t2*5-,6-;3-,4-;1-,2-;3-,4-;1-,2-;2*3-,4-;;;;;;;;;;;;;;;;/m00010100................/s1. The maximum atomic E-state index is 11.3. The van der Waals surface area contributed by atoms with E-state index >= 15 is 0 Å². The van der Waals surface area contributed by atoms with Crippen LogP contribution in [0.5, 0.6) is 0 Å². The van der Waals surface area contributed by atoms with Crippen LogP contribution in [-0.2, 0) is 160 Å². The first-order chi connectivity index (χ1) is 39.8. The molecule has 0 aromatic carbocycles. The summed E-state index contributed by atoms with van der Waals surface area (Å²) in [5, 5.41) is 139. The molecule has 0 aromatic rings. The number of rotatable bonds is 22. The van der Waals surface area contributed by atoms with Crippen LogP contribution in [0.2, 0.25) is 0 Å². The van der Waals surface area contributed by atoms with Crippen molar-refractivity contribution in [1.82, 2.24) is 0 Å². The first-order valence-electron chi connectivity index (χ1n) is 22.8. The normalized spacial score (nSPS) is 15.1. The van der Waals surface area contributed by atoms with Crippen molar-refractivity contribution >= 4 is 165 Å². The summed E-state index contributed by atoms with van der Waals surface area (Å²) < 4.78 is 90.4. The van der Waals surface area contributed by atoms with Gasteiger partial charge in [0.2, 0.25) is 0 Å². The van der Waals surface area contributed by atoms with Gasteiger partial charge < -0.3 is 81.7 Å². The summed E-state index contributed by atoms with van der Waals surface area (Å²) in [5.41, 5.74) is 0. The van der Waals surface area contributed by atoms with Crippen LogP contribution in [0.3, 0.4) is 0 Å². The summed E-state index contributed by atoms with van der Waals surface area (Å²) in [5.74, 6) is 0.602. The molecule has 0 heterocycles. The van der Waals surface area contributed by atoms with Crippen LogP contribution < -0.4 is 0 Å². The van der Waals surface area contributed by atoms with E-state index in [-0.39, 0.29) is 23.3 Å². The van der Waals surface area contributed by atoms with Crippen molar-refractivity contribution in [2.24, 2.45) is 0 Å². The van der Waals surface area contributed by atoms with E-state index in [4.69, 9.17) is 151 Å². The van der Waals surface area contributed by atoms with Gasteiger partial charge >= 0.3 is 211 Å². The van der Waals surface area contributed by atoms with Crippen LogP contribution in [0.25, 0.3) is 0 Å². The van der Waals surface area contributed by atoms with Gasteiger partial charge in [0.1, 0.15) is 47.4 Å². The number of thiol groups is 2. The van der Waals surface area contributed by atoms with E-state index in [0.29, 0.717) is 36.3 Å². The molecule has 516 valence electrons. The van der Waals surface area contributed by atoms with E-state index in [1.165, 1.54) is 0 Å². The van der Waals surface area contributed by atoms with Crippen molar-refractivity contribution in [3.05, 3.63) is 0 Å². The second-order valence-corrected chi connectivity index (χ2v) is 18.3. The predicted molar refractivity (Wildman–Crippen MR) is 326 cm³/mol. The maximum absolute atomic E-state index is 11.3. The molecule has 0 saturated carbocycles. The number of alkyl halides is 16. The number of aliphatic hydroxyl groups excluding tert-OH is 16. The van der Waals surface area contributed by atoms with E-state index in [2.05, 4.69) is 95.7 Å². The molecule has 0 aromatic heterocycles. The molecule has 0 saturated heterocycles. The van der Waals surface area contributed by atoms with E-state index in [9.17, 15) is 35.1 Å². The quantitative estimate of drug-likeness (QED) is 0.0321. The Labute approximate surface area is 653 Å². The Kier molecular flexibility index (Phi) is 162. The molecule has 0 bridgehead atoms. The molecule has 0 fully saturated rings. The van der Waals surface area contributed by atoms with Crippen molar-refractivity contribution in [3.8, 4) is 0 Å². The van der Waals surface area contributed by atoms with Crippen LogP contribution in [0, 0.1) is 0 Å². The summed E-state index contributed by atoms with van der Waals surface area (Å²) in [7, 11) is 0. The third kappa shape index (κ3) is 107. The Morgan fingerprint density at radius 1 is 0.349 bits per heavy atom. The molecule has 42 heteroatoms. The molecule has 16 N–H and O–H groups in total. The van der Waals surface area contributed by atoms with Crippen LogP contribution in [0.1, 0.15) is 53.4 Å². The topological polar surface area (TPSA) is 324 Å². The van der Waals surface area contributed by atoms with Gasteiger partial charge in [-0.2, -0.15) is 51.6 Å². The van der Waals surface area contributed by atoms with Gasteiger partial charge in [-0.1, -0.05) is 59.6 Å². The van der Waals surface area contributed by atoms with Crippen molar-refractivity contribution in [1.29, 1.82) is 0 Å². The molecule has 0 radical (unpaired) electrons. The van der Waals surface area contributed by atoms with Crippen molar-refractivity contribution in [2.45, 2.75) is 173 Å². The zero-order valence-electron chi connectivity index (χ0n) is 47.6. The van der Waals surface area contributed by atoms with Gasteiger partial charge in [0.25, 0.3) is 0 Å². The fourth-order valence-corrected chi connectivity index (χ4v) is 4.96. The average molecular weight is 1840 g/mol. The van der Waals surface area contributed by atoms with Gasteiger partial charge in [-0.3, -0.25) is 0 Å². The van der Waals surface area contributed by atoms with Crippen LogP contribution in [0.15, 0.2) is 0 Å². The number of aliphatic hydroxyl groups is 16. The molecule has 0 unspecified atom stereocenters. The second kappa shape index (κ2) is 105. The summed E-state index contributed by atoms with van der Waals surface area (Å²) in [6.45, 7) is 5.19. The first-order valence-corrected chi connectivity index (χ1v) is 38.0. The molecule has 0 spiro atoms. The SMILES string of the molecule is CC[C@H](O)[C@@H](O)CC.CC[C@H](O)[C@@H](O)CC.O[C@@H](C(Cl)Cl)[C@@H](O)C(Cl)Cl.O[C@@H](CBr)[C@@H](O)CBr.O[C@@H](CCl)[C@@H](O)CCl.O[C@@H](CF)[C@@H](O)CF.O[C@@H](CS)[C@@H](O)CS.O[C@H]([C@@H](O)C(F)(F)F)C(F)(F)F.[CH2]=[Ti].[CH2]=[Ti].[CH2]=[Ti].[CH2]=[Ti].[CH2]=[Ti].[CH2]=[Ti].[CH2]=[Ti].[CH2]=[Ti]. The molecule has 0 aliphatic heterocycles. The summed E-state index contributed by atoms with van der Waals surface area (Å²) in [6.07, 6.45) is -28.5. The average Bonchev–Trinajstić information content (AvgIpc) is 3.55. The summed E-state index contributed by atoms with van der Waals surface area (Å²) >= 11 is 58.7. The monoisotopic (exact) mass is 1840 g/mol. The Morgan fingerprint density at radius 3 is 0.593 bits per heavy atom. The fourth-order valence-electron chi connectivity index (χ4n) is 2.60. The van der Waals surface area contributed by atoms with E-state index in [1.54, 1.807) is 160 Å². The van der Waals surface area contributed by atoms with Gasteiger partial charge in [-0.25, -0.2) is 8.78 Å². The minimum atomic E-state index is -5.48. The van der Waals surface area contributed by atoms with Gasteiger partial charge in [-0.15, -0.1) is 69.6 Å². The molecule has 16 atom stereocenters. The minimum absolute atomic E-state index is 0.0217. The summed E-state index contributed by atoms with van der Waals surface area (Å²) in [4.78, 5) is 23.8. The van der Waals surface area contributed by atoms with Crippen LogP contribution in [-0.4, -0.2) is 287 Å². The van der Waals surface area contributed by atoms with Crippen LogP contribution >= 0.6 is 127 Å². The third-order valence-corrected chi connectivity index (χ3v) is 11.2. The molecular weight excluding hydrogens is 1760 g/mol. The van der Waals surface area contributed by atoms with Gasteiger partial charge in [0, 0.05) is 22.2 Å². The molecule has 0 aliphatic rings. The molecule has 86 heavy (non-hydrogen) atoms. The van der Waals surface area contributed by atoms with Crippen molar-refractivity contribution < 1.29 is 277 Å². The predicted octanol–water partition coefficient (Wildman–Crippen LogP) is 2.83. The Bertz CT molecular complexity index is 1040. The molecule has 0 rings (SSSR count). The van der Waals surface area contributed by atoms with E-state index in [1.807, 2.05) is 27.7 Å². The van der Waals surface area contributed by atoms with Gasteiger partial charge in [0.15, 0.2) is 12.2 Å². The van der Waals surface area contributed by atoms with Gasteiger partial charge in [0.05, 0.1) is 72.8 Å². The zero-order valence-corrected chi connectivity index (χ0v) is 69.6. The fraction of sp³-hybridized carbons (Fsp3) is 0.818. The van der Waals surface area contributed by atoms with Gasteiger partial charge in [-0.05, 0) is 25.7 Å². The zero-order chi connectivity index (χ0) is 73.9. The Hall–Kier alpha value is 6.87. The van der Waals surface area contributed by atoms with E-state index in [0.717, 1.165) is 0 Å². The Morgan fingerprint density at radius 2 is 0.512 bits per heavy atom. The number of halogens is 16. The number of hydrogen-bond donors (Lipinski definition) is 18. The van der Waals surface area contributed by atoms with Crippen molar-refractivity contribution in [2.75, 3.05) is 47.3 Å². The molecule has 0 amide bonds. The molecule has 16 nitrogen and oxygen atoms in total. The third-order valence-electron chi connectivity index (χ3n) is 7.50. The van der Waals surface area contributed by atoms with E-state index < -0.39 is 133 Å². The second-order valence-electron chi connectivity index (χ2n) is 13.4.